The number of rotatable bonds is 6. The van der Waals surface area contributed by atoms with Crippen LogP contribution in [0.15, 0.2) is 48.7 Å². The minimum absolute atomic E-state index is 0.145. The molecule has 0 radical (unpaired) electrons. The molecule has 2 rings (SSSR count). The molecule has 1 aromatic carbocycles. The summed E-state index contributed by atoms with van der Waals surface area (Å²) in [7, 11) is 2.10. The van der Waals surface area contributed by atoms with Crippen LogP contribution in [0.2, 0.25) is 0 Å². The first-order valence-electron chi connectivity index (χ1n) is 7.03. The van der Waals surface area contributed by atoms with E-state index in [9.17, 15) is 0 Å². The third-order valence-corrected chi connectivity index (χ3v) is 3.42. The highest BCUT2D eigenvalue weighted by molar-refractivity contribution is 5.18. The molecule has 2 aromatic rings. The average Bonchev–Trinajstić information content (AvgIpc) is 2.42. The molecule has 0 unspecified atom stereocenters. The first kappa shape index (κ1) is 14.7. The molecular weight excluding hydrogens is 246 g/mol. The Kier molecular flexibility index (Phi) is 5.27. The van der Waals surface area contributed by atoms with Crippen LogP contribution in [0, 0.1) is 6.92 Å². The molecule has 3 heteroatoms. The summed E-state index contributed by atoms with van der Waals surface area (Å²) < 4.78 is 0. The van der Waals surface area contributed by atoms with Crippen molar-refractivity contribution in [1.29, 1.82) is 0 Å². The van der Waals surface area contributed by atoms with Crippen molar-refractivity contribution in [2.45, 2.75) is 25.9 Å². The number of nitrogens with two attached hydrogens (primary N) is 1. The zero-order valence-electron chi connectivity index (χ0n) is 12.3. The van der Waals surface area contributed by atoms with Gasteiger partial charge in [0.25, 0.3) is 0 Å². The zero-order chi connectivity index (χ0) is 14.4. The Hall–Kier alpha value is -1.71. The van der Waals surface area contributed by atoms with Crippen LogP contribution in [-0.4, -0.2) is 29.5 Å². The lowest BCUT2D eigenvalue weighted by atomic mass is 10.1. The fourth-order valence-corrected chi connectivity index (χ4v) is 2.39. The molecule has 0 bridgehead atoms. The number of likely N-dealkylation sites (N-methyl/N-ethyl adjacent to an activating group) is 1. The quantitative estimate of drug-likeness (QED) is 0.875. The number of aryl methyl sites for hydroxylation is 1. The van der Waals surface area contributed by atoms with Gasteiger partial charge in [0.05, 0.1) is 5.69 Å². The van der Waals surface area contributed by atoms with Gasteiger partial charge in [-0.05, 0) is 37.6 Å². The molecule has 1 atom stereocenters. The first-order valence-corrected chi connectivity index (χ1v) is 7.03. The minimum atomic E-state index is 0.145. The SMILES string of the molecule is Cc1cccnc1CN(C)C[C@@H](N)Cc1ccccc1. The van der Waals surface area contributed by atoms with Crippen molar-refractivity contribution in [2.75, 3.05) is 13.6 Å². The molecule has 1 aromatic heterocycles. The van der Waals surface area contributed by atoms with Crippen LogP contribution in [0.4, 0.5) is 0 Å². The van der Waals surface area contributed by atoms with E-state index < -0.39 is 0 Å². The van der Waals surface area contributed by atoms with Crippen molar-refractivity contribution in [2.24, 2.45) is 5.73 Å². The van der Waals surface area contributed by atoms with E-state index in [4.69, 9.17) is 5.73 Å². The fourth-order valence-electron chi connectivity index (χ4n) is 2.39. The van der Waals surface area contributed by atoms with Crippen LogP contribution in [0.1, 0.15) is 16.8 Å². The highest BCUT2D eigenvalue weighted by Crippen LogP contribution is 2.07. The lowest BCUT2D eigenvalue weighted by Gasteiger charge is -2.21. The summed E-state index contributed by atoms with van der Waals surface area (Å²) in [6, 6.07) is 14.6. The largest absolute Gasteiger partial charge is 0.326 e. The predicted molar refractivity (Wildman–Crippen MR) is 83.4 cm³/mol. The summed E-state index contributed by atoms with van der Waals surface area (Å²) in [5.74, 6) is 0. The average molecular weight is 269 g/mol. The second-order valence-corrected chi connectivity index (χ2v) is 5.41. The number of benzene rings is 1. The molecule has 20 heavy (non-hydrogen) atoms. The van der Waals surface area contributed by atoms with E-state index in [2.05, 4.69) is 54.2 Å². The van der Waals surface area contributed by atoms with Gasteiger partial charge in [0.2, 0.25) is 0 Å². The van der Waals surface area contributed by atoms with E-state index in [-0.39, 0.29) is 6.04 Å². The number of hydrogen-bond donors (Lipinski definition) is 1. The molecule has 3 nitrogen and oxygen atoms in total. The van der Waals surface area contributed by atoms with Gasteiger partial charge in [0, 0.05) is 25.3 Å². The van der Waals surface area contributed by atoms with E-state index in [0.717, 1.165) is 25.2 Å². The van der Waals surface area contributed by atoms with Gasteiger partial charge in [-0.25, -0.2) is 0 Å². The summed E-state index contributed by atoms with van der Waals surface area (Å²) in [6.07, 6.45) is 2.76. The van der Waals surface area contributed by atoms with Gasteiger partial charge in [-0.2, -0.15) is 0 Å². The van der Waals surface area contributed by atoms with Gasteiger partial charge in [0.1, 0.15) is 0 Å². The van der Waals surface area contributed by atoms with Crippen molar-refractivity contribution in [3.05, 3.63) is 65.5 Å². The van der Waals surface area contributed by atoms with E-state index in [1.54, 1.807) is 0 Å². The summed E-state index contributed by atoms with van der Waals surface area (Å²) in [5.41, 5.74) is 9.89. The topological polar surface area (TPSA) is 42.2 Å². The Labute approximate surface area is 121 Å². The Morgan fingerprint density at radius 1 is 1.15 bits per heavy atom. The second kappa shape index (κ2) is 7.17. The molecule has 2 N–H and O–H groups in total. The van der Waals surface area contributed by atoms with E-state index in [1.807, 2.05) is 18.3 Å². The Balaban J connectivity index is 1.85. The molecular formula is C17H23N3. The molecule has 0 aliphatic rings. The maximum absolute atomic E-state index is 6.24. The molecule has 0 fully saturated rings. The molecule has 0 saturated carbocycles. The Bertz CT molecular complexity index is 525. The molecule has 0 aliphatic carbocycles. The van der Waals surface area contributed by atoms with Crippen LogP contribution in [0.3, 0.4) is 0 Å². The van der Waals surface area contributed by atoms with E-state index >= 15 is 0 Å². The Morgan fingerprint density at radius 3 is 2.60 bits per heavy atom. The second-order valence-electron chi connectivity index (χ2n) is 5.41. The molecule has 0 saturated heterocycles. The van der Waals surface area contributed by atoms with Crippen molar-refractivity contribution >= 4 is 0 Å². The van der Waals surface area contributed by atoms with Gasteiger partial charge < -0.3 is 5.73 Å². The van der Waals surface area contributed by atoms with Crippen LogP contribution in [-0.2, 0) is 13.0 Å². The molecule has 0 spiro atoms. The number of nitrogens with zero attached hydrogens (tertiary/aromatic N) is 2. The van der Waals surface area contributed by atoms with Gasteiger partial charge >= 0.3 is 0 Å². The van der Waals surface area contributed by atoms with Crippen LogP contribution < -0.4 is 5.73 Å². The van der Waals surface area contributed by atoms with Gasteiger partial charge in [-0.1, -0.05) is 36.4 Å². The van der Waals surface area contributed by atoms with Crippen molar-refractivity contribution in [3.8, 4) is 0 Å². The normalized spacial score (nSPS) is 12.6. The van der Waals surface area contributed by atoms with E-state index in [1.165, 1.54) is 11.1 Å². The lowest BCUT2D eigenvalue weighted by Crippen LogP contribution is -2.36. The highest BCUT2D eigenvalue weighted by Gasteiger charge is 2.09. The van der Waals surface area contributed by atoms with Gasteiger partial charge in [-0.15, -0.1) is 0 Å². The third-order valence-electron chi connectivity index (χ3n) is 3.42. The summed E-state index contributed by atoms with van der Waals surface area (Å²) in [5, 5.41) is 0. The zero-order valence-corrected chi connectivity index (χ0v) is 12.3. The number of aromatic nitrogens is 1. The molecule has 0 amide bonds. The summed E-state index contributed by atoms with van der Waals surface area (Å²) >= 11 is 0. The minimum Gasteiger partial charge on any atom is -0.326 e. The summed E-state index contributed by atoms with van der Waals surface area (Å²) in [6.45, 7) is 3.81. The number of pyridine rings is 1. The molecule has 106 valence electrons. The third kappa shape index (κ3) is 4.44. The highest BCUT2D eigenvalue weighted by atomic mass is 15.1. The van der Waals surface area contributed by atoms with Crippen LogP contribution in [0.5, 0.6) is 0 Å². The van der Waals surface area contributed by atoms with Crippen molar-refractivity contribution < 1.29 is 0 Å². The van der Waals surface area contributed by atoms with Crippen molar-refractivity contribution in [3.63, 3.8) is 0 Å². The maximum atomic E-state index is 6.24. The number of hydrogen-bond acceptors (Lipinski definition) is 3. The molecule has 1 heterocycles. The monoisotopic (exact) mass is 269 g/mol. The van der Waals surface area contributed by atoms with Crippen LogP contribution in [0.25, 0.3) is 0 Å². The van der Waals surface area contributed by atoms with Crippen LogP contribution >= 0.6 is 0 Å². The van der Waals surface area contributed by atoms with Gasteiger partial charge in [0.15, 0.2) is 0 Å². The standard InChI is InChI=1S/C17H23N3/c1-14-7-6-10-19-17(14)13-20(2)12-16(18)11-15-8-4-3-5-9-15/h3-10,16H,11-13,18H2,1-2H3/t16-/m0/s1. The van der Waals surface area contributed by atoms with Gasteiger partial charge in [-0.3, -0.25) is 9.88 Å². The lowest BCUT2D eigenvalue weighted by molar-refractivity contribution is 0.298. The fraction of sp³-hybridized carbons (Fsp3) is 0.353. The summed E-state index contributed by atoms with van der Waals surface area (Å²) in [4.78, 5) is 6.67. The van der Waals surface area contributed by atoms with Crippen molar-refractivity contribution in [1.82, 2.24) is 9.88 Å². The first-order chi connectivity index (χ1) is 9.65. The Morgan fingerprint density at radius 2 is 1.90 bits per heavy atom. The van der Waals surface area contributed by atoms with E-state index in [0.29, 0.717) is 0 Å². The molecule has 0 aliphatic heterocycles. The predicted octanol–water partition coefficient (Wildman–Crippen LogP) is 2.39. The maximum Gasteiger partial charge on any atom is 0.0572 e. The smallest absolute Gasteiger partial charge is 0.0572 e.